The number of carbonyl (C=O) groups is 1. The number of halogens is 1. The molecule has 0 aromatic carbocycles. The second-order valence-corrected chi connectivity index (χ2v) is 6.17. The van der Waals surface area contributed by atoms with Crippen LogP contribution in [0, 0.1) is 5.92 Å². The van der Waals surface area contributed by atoms with E-state index in [-0.39, 0.29) is 17.9 Å². The highest BCUT2D eigenvalue weighted by Gasteiger charge is 2.33. The first-order valence-electron chi connectivity index (χ1n) is 6.02. The van der Waals surface area contributed by atoms with Crippen LogP contribution in [0.15, 0.2) is 15.9 Å². The molecule has 0 aliphatic carbocycles. The Morgan fingerprint density at radius 2 is 2.44 bits per heavy atom. The highest BCUT2D eigenvalue weighted by molar-refractivity contribution is 9.10. The third-order valence-corrected chi connectivity index (χ3v) is 4.64. The van der Waals surface area contributed by atoms with Gasteiger partial charge in [0.15, 0.2) is 0 Å². The first-order valence-corrected chi connectivity index (χ1v) is 7.69. The molecule has 1 fully saturated rings. The fraction of sp³-hybridized carbons (Fsp3) is 0.583. The Balaban J connectivity index is 1.83. The molecule has 2 N–H and O–H groups in total. The SMILES string of the molecule is CCNC1COCC1C(=O)NCc1cc(Br)cs1. The first-order chi connectivity index (χ1) is 8.70. The van der Waals surface area contributed by atoms with Gasteiger partial charge < -0.3 is 15.4 Å². The Bertz CT molecular complexity index is 411. The molecule has 4 nitrogen and oxygen atoms in total. The standard InChI is InChI=1S/C12H17BrN2O2S/c1-2-14-11-6-17-5-10(11)12(16)15-4-9-3-8(13)7-18-9/h3,7,10-11,14H,2,4-6H2,1H3,(H,15,16). The minimum Gasteiger partial charge on any atom is -0.379 e. The van der Waals surface area contributed by atoms with Crippen molar-refractivity contribution in [3.8, 4) is 0 Å². The Kier molecular flexibility index (Phi) is 5.17. The first kappa shape index (κ1) is 14.0. The van der Waals surface area contributed by atoms with E-state index in [4.69, 9.17) is 4.74 Å². The molecule has 2 unspecified atom stereocenters. The lowest BCUT2D eigenvalue weighted by atomic mass is 10.0. The van der Waals surface area contributed by atoms with Crippen LogP contribution in [0.3, 0.4) is 0 Å². The van der Waals surface area contributed by atoms with Gasteiger partial charge in [-0.2, -0.15) is 0 Å². The number of carbonyl (C=O) groups excluding carboxylic acids is 1. The van der Waals surface area contributed by atoms with Crippen LogP contribution in [0.25, 0.3) is 0 Å². The molecular formula is C12H17BrN2O2S. The summed E-state index contributed by atoms with van der Waals surface area (Å²) in [6.45, 7) is 4.62. The topological polar surface area (TPSA) is 50.4 Å². The van der Waals surface area contributed by atoms with E-state index in [1.54, 1.807) is 11.3 Å². The van der Waals surface area contributed by atoms with Gasteiger partial charge >= 0.3 is 0 Å². The number of thiophene rings is 1. The number of amides is 1. The van der Waals surface area contributed by atoms with Gasteiger partial charge in [-0.25, -0.2) is 0 Å². The van der Waals surface area contributed by atoms with Gasteiger partial charge in [0.1, 0.15) is 0 Å². The Labute approximate surface area is 119 Å². The van der Waals surface area contributed by atoms with Gasteiger partial charge in [0, 0.05) is 20.8 Å². The molecule has 0 radical (unpaired) electrons. The summed E-state index contributed by atoms with van der Waals surface area (Å²) in [5, 5.41) is 8.28. The lowest BCUT2D eigenvalue weighted by Gasteiger charge is -2.17. The van der Waals surface area contributed by atoms with E-state index in [1.165, 1.54) is 0 Å². The minimum absolute atomic E-state index is 0.0722. The van der Waals surface area contributed by atoms with Gasteiger partial charge in [-0.3, -0.25) is 4.79 Å². The van der Waals surface area contributed by atoms with E-state index in [9.17, 15) is 4.79 Å². The summed E-state index contributed by atoms with van der Waals surface area (Å²) in [5.74, 6) is -0.00340. The van der Waals surface area contributed by atoms with Crippen LogP contribution >= 0.6 is 27.3 Å². The van der Waals surface area contributed by atoms with Crippen LogP contribution in [-0.2, 0) is 16.1 Å². The van der Waals surface area contributed by atoms with Crippen LogP contribution in [-0.4, -0.2) is 31.7 Å². The average Bonchev–Trinajstić information content (AvgIpc) is 2.96. The fourth-order valence-corrected chi connectivity index (χ4v) is 3.42. The number of rotatable bonds is 5. The molecule has 100 valence electrons. The van der Waals surface area contributed by atoms with Gasteiger partial charge in [0.05, 0.1) is 25.7 Å². The largest absolute Gasteiger partial charge is 0.379 e. The monoisotopic (exact) mass is 332 g/mol. The predicted molar refractivity (Wildman–Crippen MR) is 75.6 cm³/mol. The second kappa shape index (κ2) is 6.65. The summed E-state index contributed by atoms with van der Waals surface area (Å²) in [5.41, 5.74) is 0. The van der Waals surface area contributed by atoms with Crippen molar-refractivity contribution in [2.24, 2.45) is 5.92 Å². The summed E-state index contributed by atoms with van der Waals surface area (Å²) < 4.78 is 6.43. The molecule has 1 aromatic heterocycles. The van der Waals surface area contributed by atoms with E-state index in [1.807, 2.05) is 18.4 Å². The lowest BCUT2D eigenvalue weighted by Crippen LogP contribution is -2.43. The van der Waals surface area contributed by atoms with Crippen molar-refractivity contribution in [1.29, 1.82) is 0 Å². The molecule has 1 aliphatic heterocycles. The van der Waals surface area contributed by atoms with E-state index >= 15 is 0 Å². The summed E-state index contributed by atoms with van der Waals surface area (Å²) in [7, 11) is 0. The maximum Gasteiger partial charge on any atom is 0.227 e. The number of hydrogen-bond acceptors (Lipinski definition) is 4. The number of hydrogen-bond donors (Lipinski definition) is 2. The van der Waals surface area contributed by atoms with Crippen LogP contribution in [0.4, 0.5) is 0 Å². The second-order valence-electron chi connectivity index (χ2n) is 4.26. The summed E-state index contributed by atoms with van der Waals surface area (Å²) in [4.78, 5) is 13.2. The number of likely N-dealkylation sites (N-methyl/N-ethyl adjacent to an activating group) is 1. The molecule has 6 heteroatoms. The van der Waals surface area contributed by atoms with Crippen molar-refractivity contribution in [2.75, 3.05) is 19.8 Å². The molecule has 2 rings (SSSR count). The number of nitrogens with one attached hydrogen (secondary N) is 2. The van der Waals surface area contributed by atoms with Crippen molar-refractivity contribution in [3.05, 3.63) is 20.8 Å². The highest BCUT2D eigenvalue weighted by atomic mass is 79.9. The Hall–Kier alpha value is -0.430. The molecule has 0 bridgehead atoms. The van der Waals surface area contributed by atoms with Crippen LogP contribution in [0.5, 0.6) is 0 Å². The smallest absolute Gasteiger partial charge is 0.227 e. The molecule has 1 aliphatic rings. The van der Waals surface area contributed by atoms with Crippen molar-refractivity contribution >= 4 is 33.2 Å². The van der Waals surface area contributed by atoms with Crippen molar-refractivity contribution in [1.82, 2.24) is 10.6 Å². The van der Waals surface area contributed by atoms with Crippen molar-refractivity contribution < 1.29 is 9.53 Å². The third kappa shape index (κ3) is 3.54. The molecule has 1 aromatic rings. The van der Waals surface area contributed by atoms with Gasteiger partial charge in [-0.05, 0) is 28.5 Å². The number of ether oxygens (including phenoxy) is 1. The van der Waals surface area contributed by atoms with Gasteiger partial charge in [0.25, 0.3) is 0 Å². The minimum atomic E-state index is -0.0756. The van der Waals surface area contributed by atoms with Gasteiger partial charge in [0.2, 0.25) is 5.91 Å². The Morgan fingerprint density at radius 3 is 3.11 bits per heavy atom. The molecule has 18 heavy (non-hydrogen) atoms. The summed E-state index contributed by atoms with van der Waals surface area (Å²) >= 11 is 5.04. The lowest BCUT2D eigenvalue weighted by molar-refractivity contribution is -0.125. The predicted octanol–water partition coefficient (Wildman–Crippen LogP) is 1.75. The van der Waals surface area contributed by atoms with E-state index in [2.05, 4.69) is 26.6 Å². The quantitative estimate of drug-likeness (QED) is 0.863. The van der Waals surface area contributed by atoms with Crippen molar-refractivity contribution in [2.45, 2.75) is 19.5 Å². The van der Waals surface area contributed by atoms with Gasteiger partial charge in [-0.15, -0.1) is 11.3 Å². The molecule has 0 spiro atoms. The third-order valence-electron chi connectivity index (χ3n) is 2.94. The molecule has 0 saturated carbocycles. The Morgan fingerprint density at radius 1 is 1.61 bits per heavy atom. The molecular weight excluding hydrogens is 316 g/mol. The zero-order chi connectivity index (χ0) is 13.0. The van der Waals surface area contributed by atoms with E-state index < -0.39 is 0 Å². The fourth-order valence-electron chi connectivity index (χ4n) is 2.03. The van der Waals surface area contributed by atoms with Crippen molar-refractivity contribution in [3.63, 3.8) is 0 Å². The molecule has 2 atom stereocenters. The molecule has 2 heterocycles. The van der Waals surface area contributed by atoms with Crippen LogP contribution in [0.2, 0.25) is 0 Å². The highest BCUT2D eigenvalue weighted by Crippen LogP contribution is 2.20. The summed E-state index contributed by atoms with van der Waals surface area (Å²) in [6.07, 6.45) is 0. The maximum absolute atomic E-state index is 12.1. The molecule has 1 amide bonds. The maximum atomic E-state index is 12.1. The van der Waals surface area contributed by atoms with E-state index in [0.29, 0.717) is 19.8 Å². The normalized spacial score (nSPS) is 23.2. The average molecular weight is 333 g/mol. The molecule has 1 saturated heterocycles. The van der Waals surface area contributed by atoms with Crippen LogP contribution < -0.4 is 10.6 Å². The zero-order valence-corrected chi connectivity index (χ0v) is 12.6. The van der Waals surface area contributed by atoms with E-state index in [0.717, 1.165) is 15.9 Å². The summed E-state index contributed by atoms with van der Waals surface area (Å²) in [6, 6.07) is 2.17. The van der Waals surface area contributed by atoms with Crippen LogP contribution in [0.1, 0.15) is 11.8 Å². The van der Waals surface area contributed by atoms with Gasteiger partial charge in [-0.1, -0.05) is 6.92 Å². The zero-order valence-electron chi connectivity index (χ0n) is 10.2.